The Kier molecular flexibility index (Phi) is 5.46. The molecule has 1 N–H and O–H groups in total. The summed E-state index contributed by atoms with van der Waals surface area (Å²) in [5.41, 5.74) is 2.07. The summed E-state index contributed by atoms with van der Waals surface area (Å²) in [6.45, 7) is 3.83. The van der Waals surface area contributed by atoms with Gasteiger partial charge in [-0.15, -0.1) is 0 Å². The Labute approximate surface area is 145 Å². The van der Waals surface area contributed by atoms with Gasteiger partial charge in [-0.25, -0.2) is 13.1 Å². The maximum atomic E-state index is 12.5. The van der Waals surface area contributed by atoms with Crippen LogP contribution in [0.4, 0.5) is 0 Å². The molecule has 0 amide bonds. The number of nitrogens with one attached hydrogen (secondary N) is 1. The SMILES string of the molecule is COc1ccc(S(=O)(=O)N[C@@H](C)c2ccc(C)cc2)cc1I. The van der Waals surface area contributed by atoms with Gasteiger partial charge in [0, 0.05) is 6.04 Å². The summed E-state index contributed by atoms with van der Waals surface area (Å²) in [6, 6.07) is 12.3. The minimum absolute atomic E-state index is 0.233. The van der Waals surface area contributed by atoms with Gasteiger partial charge in [0.05, 0.1) is 15.6 Å². The van der Waals surface area contributed by atoms with Crippen LogP contribution < -0.4 is 9.46 Å². The Hall–Kier alpha value is -1.12. The second-order valence-corrected chi connectivity index (χ2v) is 7.93. The van der Waals surface area contributed by atoms with Crippen molar-refractivity contribution in [3.05, 3.63) is 57.2 Å². The van der Waals surface area contributed by atoms with Crippen LogP contribution in [0.2, 0.25) is 0 Å². The van der Waals surface area contributed by atoms with Crippen LogP contribution in [-0.2, 0) is 10.0 Å². The van der Waals surface area contributed by atoms with Crippen LogP contribution in [0.25, 0.3) is 0 Å². The standard InChI is InChI=1S/C16H18INO3S/c1-11-4-6-13(7-5-11)12(2)18-22(19,20)14-8-9-16(21-3)15(17)10-14/h4-10,12,18H,1-3H3/t12-/m0/s1. The van der Waals surface area contributed by atoms with Gasteiger partial charge < -0.3 is 4.74 Å². The molecule has 0 saturated carbocycles. The van der Waals surface area contributed by atoms with Crippen molar-refractivity contribution < 1.29 is 13.2 Å². The first kappa shape index (κ1) is 17.2. The second kappa shape index (κ2) is 6.97. The lowest BCUT2D eigenvalue weighted by Crippen LogP contribution is -2.27. The predicted molar refractivity (Wildman–Crippen MR) is 95.6 cm³/mol. The molecule has 2 aromatic rings. The van der Waals surface area contributed by atoms with Gasteiger partial charge >= 0.3 is 0 Å². The molecule has 0 spiro atoms. The summed E-state index contributed by atoms with van der Waals surface area (Å²) in [7, 11) is -2.02. The molecule has 2 rings (SSSR count). The zero-order valence-corrected chi connectivity index (χ0v) is 15.6. The Morgan fingerprint density at radius 3 is 2.32 bits per heavy atom. The van der Waals surface area contributed by atoms with E-state index in [1.807, 2.05) is 38.1 Å². The molecular weight excluding hydrogens is 413 g/mol. The van der Waals surface area contributed by atoms with Crippen LogP contribution in [0.3, 0.4) is 0 Å². The molecule has 6 heteroatoms. The highest BCUT2D eigenvalue weighted by molar-refractivity contribution is 14.1. The van der Waals surface area contributed by atoms with Crippen LogP contribution in [0, 0.1) is 10.5 Å². The minimum Gasteiger partial charge on any atom is -0.496 e. The largest absolute Gasteiger partial charge is 0.496 e. The van der Waals surface area contributed by atoms with Gasteiger partial charge in [-0.2, -0.15) is 0 Å². The smallest absolute Gasteiger partial charge is 0.241 e. The first-order chi connectivity index (χ1) is 10.3. The number of hydrogen-bond acceptors (Lipinski definition) is 3. The number of ether oxygens (including phenoxy) is 1. The number of benzene rings is 2. The molecule has 0 saturated heterocycles. The minimum atomic E-state index is -3.58. The zero-order valence-electron chi connectivity index (χ0n) is 12.6. The highest BCUT2D eigenvalue weighted by Crippen LogP contribution is 2.25. The van der Waals surface area contributed by atoms with Crippen molar-refractivity contribution in [2.45, 2.75) is 24.8 Å². The van der Waals surface area contributed by atoms with Crippen molar-refractivity contribution in [1.82, 2.24) is 4.72 Å². The molecule has 0 fully saturated rings. The fraction of sp³-hybridized carbons (Fsp3) is 0.250. The highest BCUT2D eigenvalue weighted by Gasteiger charge is 2.19. The molecule has 4 nitrogen and oxygen atoms in total. The number of aryl methyl sites for hydroxylation is 1. The van der Waals surface area contributed by atoms with Gasteiger partial charge in [0.25, 0.3) is 0 Å². The van der Waals surface area contributed by atoms with Crippen LogP contribution in [-0.4, -0.2) is 15.5 Å². The number of sulfonamides is 1. The van der Waals surface area contributed by atoms with Crippen LogP contribution >= 0.6 is 22.6 Å². The van der Waals surface area contributed by atoms with E-state index in [0.717, 1.165) is 14.7 Å². The maximum Gasteiger partial charge on any atom is 0.241 e. The molecule has 0 aliphatic heterocycles. The van der Waals surface area contributed by atoms with Gasteiger partial charge in [0.15, 0.2) is 0 Å². The first-order valence-electron chi connectivity index (χ1n) is 6.76. The molecule has 2 aromatic carbocycles. The van der Waals surface area contributed by atoms with E-state index in [1.165, 1.54) is 0 Å². The molecule has 22 heavy (non-hydrogen) atoms. The van der Waals surface area contributed by atoms with Crippen LogP contribution in [0.5, 0.6) is 5.75 Å². The van der Waals surface area contributed by atoms with E-state index >= 15 is 0 Å². The van der Waals surface area contributed by atoms with E-state index in [2.05, 4.69) is 27.3 Å². The van der Waals surface area contributed by atoms with E-state index in [0.29, 0.717) is 5.75 Å². The molecule has 0 radical (unpaired) electrons. The summed E-state index contributed by atoms with van der Waals surface area (Å²) in [5, 5.41) is 0. The van der Waals surface area contributed by atoms with Crippen LogP contribution in [0.15, 0.2) is 47.4 Å². The molecule has 0 aliphatic rings. The van der Waals surface area contributed by atoms with Crippen LogP contribution in [0.1, 0.15) is 24.1 Å². The normalized spacial score (nSPS) is 12.9. The van der Waals surface area contributed by atoms with Gasteiger partial charge in [0.1, 0.15) is 5.75 Å². The third-order valence-electron chi connectivity index (χ3n) is 3.34. The van der Waals surface area contributed by atoms with Crippen molar-refractivity contribution in [2.24, 2.45) is 0 Å². The average Bonchev–Trinajstić information content (AvgIpc) is 2.47. The van der Waals surface area contributed by atoms with E-state index in [-0.39, 0.29) is 10.9 Å². The lowest BCUT2D eigenvalue weighted by Gasteiger charge is -2.15. The third-order valence-corrected chi connectivity index (χ3v) is 5.72. The molecule has 1 atom stereocenters. The lowest BCUT2D eigenvalue weighted by molar-refractivity contribution is 0.411. The van der Waals surface area contributed by atoms with Crippen molar-refractivity contribution in [1.29, 1.82) is 0 Å². The van der Waals surface area contributed by atoms with E-state index < -0.39 is 10.0 Å². The fourth-order valence-electron chi connectivity index (χ4n) is 2.04. The lowest BCUT2D eigenvalue weighted by atomic mass is 10.1. The first-order valence-corrected chi connectivity index (χ1v) is 9.32. The fourth-order valence-corrected chi connectivity index (χ4v) is 4.24. The van der Waals surface area contributed by atoms with Gasteiger partial charge in [0.2, 0.25) is 10.0 Å². The zero-order chi connectivity index (χ0) is 16.3. The van der Waals surface area contributed by atoms with Crippen molar-refractivity contribution >= 4 is 32.6 Å². The Morgan fingerprint density at radius 2 is 1.77 bits per heavy atom. The number of halogens is 1. The van der Waals surface area contributed by atoms with Crippen molar-refractivity contribution in [3.8, 4) is 5.75 Å². The number of rotatable bonds is 5. The van der Waals surface area contributed by atoms with Gasteiger partial charge in [-0.3, -0.25) is 0 Å². The third kappa shape index (κ3) is 3.99. The maximum absolute atomic E-state index is 12.5. The topological polar surface area (TPSA) is 55.4 Å². The predicted octanol–water partition coefficient (Wildman–Crippen LogP) is 3.65. The Balaban J connectivity index is 2.23. The molecular formula is C16H18INO3S. The second-order valence-electron chi connectivity index (χ2n) is 5.05. The summed E-state index contributed by atoms with van der Waals surface area (Å²) in [6.07, 6.45) is 0. The summed E-state index contributed by atoms with van der Waals surface area (Å²) in [5.74, 6) is 0.658. The van der Waals surface area contributed by atoms with Crippen molar-refractivity contribution in [2.75, 3.05) is 7.11 Å². The number of methoxy groups -OCH3 is 1. The number of hydrogen-bond donors (Lipinski definition) is 1. The van der Waals surface area contributed by atoms with Gasteiger partial charge in [-0.05, 0) is 60.2 Å². The summed E-state index contributed by atoms with van der Waals surface area (Å²) < 4.78 is 33.6. The highest BCUT2D eigenvalue weighted by atomic mass is 127. The molecule has 0 unspecified atom stereocenters. The molecule has 0 aromatic heterocycles. The average molecular weight is 431 g/mol. The monoisotopic (exact) mass is 431 g/mol. The summed E-state index contributed by atoms with van der Waals surface area (Å²) in [4.78, 5) is 0.233. The summed E-state index contributed by atoms with van der Waals surface area (Å²) >= 11 is 2.06. The van der Waals surface area contributed by atoms with E-state index in [9.17, 15) is 8.42 Å². The Morgan fingerprint density at radius 1 is 1.14 bits per heavy atom. The van der Waals surface area contributed by atoms with E-state index in [4.69, 9.17) is 4.74 Å². The quantitative estimate of drug-likeness (QED) is 0.736. The molecule has 0 bridgehead atoms. The van der Waals surface area contributed by atoms with Crippen molar-refractivity contribution in [3.63, 3.8) is 0 Å². The van der Waals surface area contributed by atoms with Gasteiger partial charge in [-0.1, -0.05) is 29.8 Å². The van der Waals surface area contributed by atoms with E-state index in [1.54, 1.807) is 25.3 Å². The molecule has 0 aliphatic carbocycles. The molecule has 0 heterocycles. The molecule has 118 valence electrons. The Bertz CT molecular complexity index is 757.